The fourth-order valence-corrected chi connectivity index (χ4v) is 3.01. The van der Waals surface area contributed by atoms with Crippen molar-refractivity contribution in [3.05, 3.63) is 95.1 Å². The van der Waals surface area contributed by atoms with E-state index in [4.69, 9.17) is 4.74 Å². The molecule has 1 atom stereocenters. The van der Waals surface area contributed by atoms with Crippen molar-refractivity contribution in [1.82, 2.24) is 5.32 Å². The Hall–Kier alpha value is -3.60. The first-order valence-corrected chi connectivity index (χ1v) is 9.88. The second kappa shape index (κ2) is 9.74. The number of carbonyl (C=O) groups excluding carboxylic acids is 2. The molecule has 30 heavy (non-hydrogen) atoms. The summed E-state index contributed by atoms with van der Waals surface area (Å²) in [6.07, 6.45) is 0. The predicted molar refractivity (Wildman–Crippen MR) is 119 cm³/mol. The van der Waals surface area contributed by atoms with E-state index in [0.717, 1.165) is 16.7 Å². The van der Waals surface area contributed by atoms with Crippen molar-refractivity contribution in [2.45, 2.75) is 26.8 Å². The largest absolute Gasteiger partial charge is 0.483 e. The van der Waals surface area contributed by atoms with Crippen molar-refractivity contribution in [3.63, 3.8) is 0 Å². The standard InChI is InChI=1S/C25H26N2O3/c1-17-9-10-18(2)23(15-17)30-16-24(28)27-22-13-11-21(12-14-22)25(29)26-19(3)20-7-5-4-6-8-20/h4-15,19H,16H2,1-3H3,(H,26,29)(H,27,28). The van der Waals surface area contributed by atoms with E-state index in [9.17, 15) is 9.59 Å². The highest BCUT2D eigenvalue weighted by Gasteiger charge is 2.12. The monoisotopic (exact) mass is 402 g/mol. The molecule has 5 nitrogen and oxygen atoms in total. The number of anilines is 1. The van der Waals surface area contributed by atoms with Crippen LogP contribution in [0.2, 0.25) is 0 Å². The van der Waals surface area contributed by atoms with Crippen molar-refractivity contribution < 1.29 is 14.3 Å². The van der Waals surface area contributed by atoms with Crippen molar-refractivity contribution >= 4 is 17.5 Å². The first-order chi connectivity index (χ1) is 14.4. The van der Waals surface area contributed by atoms with Gasteiger partial charge in [-0.05, 0) is 67.8 Å². The van der Waals surface area contributed by atoms with Crippen LogP contribution in [0.15, 0.2) is 72.8 Å². The summed E-state index contributed by atoms with van der Waals surface area (Å²) in [5.74, 6) is 0.276. The molecule has 0 spiro atoms. The third-order valence-electron chi connectivity index (χ3n) is 4.78. The summed E-state index contributed by atoms with van der Waals surface area (Å²) >= 11 is 0. The first kappa shape index (κ1) is 21.1. The highest BCUT2D eigenvalue weighted by atomic mass is 16.5. The highest BCUT2D eigenvalue weighted by Crippen LogP contribution is 2.19. The molecule has 3 aromatic carbocycles. The summed E-state index contributed by atoms with van der Waals surface area (Å²) in [5.41, 5.74) is 4.23. The van der Waals surface area contributed by atoms with E-state index in [1.165, 1.54) is 0 Å². The van der Waals surface area contributed by atoms with E-state index in [-0.39, 0.29) is 24.5 Å². The van der Waals surface area contributed by atoms with Crippen LogP contribution in [0, 0.1) is 13.8 Å². The molecule has 0 aliphatic heterocycles. The summed E-state index contributed by atoms with van der Waals surface area (Å²) in [7, 11) is 0. The fraction of sp³-hybridized carbons (Fsp3) is 0.200. The van der Waals surface area contributed by atoms with Gasteiger partial charge in [0, 0.05) is 11.3 Å². The van der Waals surface area contributed by atoms with Gasteiger partial charge in [0.25, 0.3) is 11.8 Å². The van der Waals surface area contributed by atoms with Crippen molar-refractivity contribution in [2.75, 3.05) is 11.9 Å². The topological polar surface area (TPSA) is 67.4 Å². The summed E-state index contributed by atoms with van der Waals surface area (Å²) in [4.78, 5) is 24.6. The van der Waals surface area contributed by atoms with Crippen LogP contribution in [0.5, 0.6) is 5.75 Å². The summed E-state index contributed by atoms with van der Waals surface area (Å²) in [6.45, 7) is 5.78. The van der Waals surface area contributed by atoms with Crippen molar-refractivity contribution in [1.29, 1.82) is 0 Å². The van der Waals surface area contributed by atoms with Gasteiger partial charge in [-0.25, -0.2) is 0 Å². The zero-order valence-electron chi connectivity index (χ0n) is 17.4. The summed E-state index contributed by atoms with van der Waals surface area (Å²) < 4.78 is 5.62. The molecule has 0 fully saturated rings. The lowest BCUT2D eigenvalue weighted by molar-refractivity contribution is -0.118. The van der Waals surface area contributed by atoms with E-state index < -0.39 is 0 Å². The van der Waals surface area contributed by atoms with Gasteiger partial charge in [0.2, 0.25) is 0 Å². The number of amides is 2. The zero-order chi connectivity index (χ0) is 21.5. The molecule has 3 aromatic rings. The Morgan fingerprint density at radius 3 is 2.33 bits per heavy atom. The fourth-order valence-electron chi connectivity index (χ4n) is 3.01. The molecule has 154 valence electrons. The molecule has 2 amide bonds. The lowest BCUT2D eigenvalue weighted by atomic mass is 10.1. The van der Waals surface area contributed by atoms with Crippen LogP contribution in [0.25, 0.3) is 0 Å². The predicted octanol–water partition coefficient (Wildman–Crippen LogP) is 4.81. The van der Waals surface area contributed by atoms with Gasteiger partial charge in [-0.15, -0.1) is 0 Å². The molecular formula is C25H26N2O3. The number of rotatable bonds is 7. The minimum Gasteiger partial charge on any atom is -0.483 e. The van der Waals surface area contributed by atoms with E-state index in [0.29, 0.717) is 17.0 Å². The third-order valence-corrected chi connectivity index (χ3v) is 4.78. The minimum atomic E-state index is -0.259. The van der Waals surface area contributed by atoms with Crippen LogP contribution >= 0.6 is 0 Å². The molecule has 5 heteroatoms. The van der Waals surface area contributed by atoms with Crippen LogP contribution in [-0.4, -0.2) is 18.4 Å². The number of nitrogens with one attached hydrogen (secondary N) is 2. The summed E-state index contributed by atoms with van der Waals surface area (Å²) in [6, 6.07) is 22.3. The molecule has 1 unspecified atom stereocenters. The number of aryl methyl sites for hydroxylation is 2. The Kier molecular flexibility index (Phi) is 6.86. The van der Waals surface area contributed by atoms with Crippen molar-refractivity contribution in [3.8, 4) is 5.75 Å². The van der Waals surface area contributed by atoms with Gasteiger partial charge in [0.15, 0.2) is 6.61 Å². The van der Waals surface area contributed by atoms with Crippen LogP contribution < -0.4 is 15.4 Å². The van der Waals surface area contributed by atoms with Gasteiger partial charge in [0.1, 0.15) is 5.75 Å². The van der Waals surface area contributed by atoms with Gasteiger partial charge in [-0.1, -0.05) is 42.5 Å². The molecule has 0 saturated heterocycles. The molecular weight excluding hydrogens is 376 g/mol. The SMILES string of the molecule is Cc1ccc(C)c(OCC(=O)Nc2ccc(C(=O)NC(C)c3ccccc3)cc2)c1. The zero-order valence-corrected chi connectivity index (χ0v) is 17.4. The molecule has 2 N–H and O–H groups in total. The average Bonchev–Trinajstić information content (AvgIpc) is 2.75. The molecule has 3 rings (SSSR count). The minimum absolute atomic E-state index is 0.0822. The summed E-state index contributed by atoms with van der Waals surface area (Å²) in [5, 5.41) is 5.76. The molecule has 0 radical (unpaired) electrons. The van der Waals surface area contributed by atoms with E-state index in [1.54, 1.807) is 24.3 Å². The number of hydrogen-bond donors (Lipinski definition) is 2. The maximum Gasteiger partial charge on any atom is 0.262 e. The Labute approximate surface area is 177 Å². The lowest BCUT2D eigenvalue weighted by Gasteiger charge is -2.14. The number of ether oxygens (including phenoxy) is 1. The quantitative estimate of drug-likeness (QED) is 0.596. The number of carbonyl (C=O) groups is 2. The van der Waals surface area contributed by atoms with Crippen molar-refractivity contribution in [2.24, 2.45) is 0 Å². The Morgan fingerprint density at radius 1 is 0.933 bits per heavy atom. The normalized spacial score (nSPS) is 11.4. The van der Waals surface area contributed by atoms with Gasteiger partial charge in [0.05, 0.1) is 6.04 Å². The van der Waals surface area contributed by atoms with Crippen LogP contribution in [0.3, 0.4) is 0 Å². The molecule has 0 aliphatic rings. The Bertz CT molecular complexity index is 1010. The molecule has 0 saturated carbocycles. The second-order valence-electron chi connectivity index (χ2n) is 7.29. The van der Waals surface area contributed by atoms with Crippen LogP contribution in [-0.2, 0) is 4.79 Å². The molecule has 0 heterocycles. The van der Waals surface area contributed by atoms with Crippen LogP contribution in [0.1, 0.15) is 40.0 Å². The number of benzene rings is 3. The smallest absolute Gasteiger partial charge is 0.262 e. The second-order valence-corrected chi connectivity index (χ2v) is 7.29. The third kappa shape index (κ3) is 5.70. The van der Waals surface area contributed by atoms with Crippen LogP contribution in [0.4, 0.5) is 5.69 Å². The van der Waals surface area contributed by atoms with Gasteiger partial charge in [-0.2, -0.15) is 0 Å². The lowest BCUT2D eigenvalue weighted by Crippen LogP contribution is -2.26. The number of hydrogen-bond acceptors (Lipinski definition) is 3. The Balaban J connectivity index is 1.53. The molecule has 0 aromatic heterocycles. The Morgan fingerprint density at radius 2 is 1.63 bits per heavy atom. The molecule has 0 bridgehead atoms. The molecule has 0 aliphatic carbocycles. The maximum atomic E-state index is 12.5. The van der Waals surface area contributed by atoms with Gasteiger partial charge >= 0.3 is 0 Å². The van der Waals surface area contributed by atoms with E-state index >= 15 is 0 Å². The van der Waals surface area contributed by atoms with Gasteiger partial charge in [-0.3, -0.25) is 9.59 Å². The highest BCUT2D eigenvalue weighted by molar-refractivity contribution is 5.96. The van der Waals surface area contributed by atoms with Gasteiger partial charge < -0.3 is 15.4 Å². The first-order valence-electron chi connectivity index (χ1n) is 9.88. The van der Waals surface area contributed by atoms with E-state index in [2.05, 4.69) is 10.6 Å². The van der Waals surface area contributed by atoms with E-state index in [1.807, 2.05) is 69.3 Å². The average molecular weight is 402 g/mol. The maximum absolute atomic E-state index is 12.5.